The van der Waals surface area contributed by atoms with Crippen molar-refractivity contribution in [2.24, 2.45) is 5.73 Å². The Bertz CT molecular complexity index is 1470. The molecule has 0 atom stereocenters. The molecule has 1 saturated carbocycles. The maximum absolute atomic E-state index is 12.4. The van der Waals surface area contributed by atoms with Gasteiger partial charge in [0.1, 0.15) is 0 Å². The quantitative estimate of drug-likeness (QED) is 0.303. The van der Waals surface area contributed by atoms with Crippen molar-refractivity contribution in [3.8, 4) is 11.3 Å². The molecule has 2 aromatic carbocycles. The van der Waals surface area contributed by atoms with Crippen molar-refractivity contribution in [3.63, 3.8) is 0 Å². The Labute approximate surface area is 209 Å². The van der Waals surface area contributed by atoms with Crippen molar-refractivity contribution in [3.05, 3.63) is 103 Å². The summed E-state index contributed by atoms with van der Waals surface area (Å²) in [5.74, 6) is 0.487. The molecule has 1 aliphatic carbocycles. The van der Waals surface area contributed by atoms with Crippen molar-refractivity contribution in [1.82, 2.24) is 19.6 Å². The molecule has 8 heteroatoms. The lowest BCUT2D eigenvalue weighted by atomic mass is 9.72. The number of amides is 2. The van der Waals surface area contributed by atoms with Crippen LogP contribution in [0.25, 0.3) is 22.6 Å². The summed E-state index contributed by atoms with van der Waals surface area (Å²) in [4.78, 5) is 21.6. The summed E-state index contributed by atoms with van der Waals surface area (Å²) in [7, 11) is 0. The van der Waals surface area contributed by atoms with Crippen LogP contribution < -0.4 is 16.4 Å². The third kappa shape index (κ3) is 4.54. The molecule has 0 spiro atoms. The van der Waals surface area contributed by atoms with Gasteiger partial charge in [0.2, 0.25) is 0 Å². The van der Waals surface area contributed by atoms with Gasteiger partial charge in [-0.3, -0.25) is 5.32 Å². The van der Waals surface area contributed by atoms with E-state index in [-0.39, 0.29) is 11.5 Å². The Morgan fingerprint density at radius 2 is 1.78 bits per heavy atom. The molecule has 0 aliphatic heterocycles. The first-order valence-electron chi connectivity index (χ1n) is 11.7. The van der Waals surface area contributed by atoms with E-state index in [4.69, 9.17) is 10.7 Å². The minimum Gasteiger partial charge on any atom is -0.321 e. The molecule has 36 heavy (non-hydrogen) atoms. The van der Waals surface area contributed by atoms with Crippen LogP contribution in [0.2, 0.25) is 0 Å². The van der Waals surface area contributed by atoms with Gasteiger partial charge in [-0.15, -0.1) is 5.10 Å². The van der Waals surface area contributed by atoms with Gasteiger partial charge < -0.3 is 11.1 Å². The van der Waals surface area contributed by atoms with Gasteiger partial charge in [-0.05, 0) is 42.5 Å². The lowest BCUT2D eigenvalue weighted by Gasteiger charge is -2.38. The fraction of sp³-hybridized carbons (Fsp3) is 0.143. The van der Waals surface area contributed by atoms with E-state index in [0.29, 0.717) is 11.5 Å². The van der Waals surface area contributed by atoms with Gasteiger partial charge in [-0.1, -0.05) is 73.9 Å². The first-order chi connectivity index (χ1) is 17.5. The second-order valence-electron chi connectivity index (χ2n) is 8.78. The van der Waals surface area contributed by atoms with Crippen molar-refractivity contribution in [1.29, 1.82) is 0 Å². The molecule has 8 nitrogen and oxygen atoms in total. The topological polar surface area (TPSA) is 110 Å². The summed E-state index contributed by atoms with van der Waals surface area (Å²) in [6.45, 7) is 7.77. The van der Waals surface area contributed by atoms with Crippen LogP contribution in [0.3, 0.4) is 0 Å². The minimum atomic E-state index is -0.446. The van der Waals surface area contributed by atoms with Crippen LogP contribution in [0.15, 0.2) is 92.2 Å². The fourth-order valence-electron chi connectivity index (χ4n) is 4.29. The summed E-state index contributed by atoms with van der Waals surface area (Å²) in [5, 5.41) is 9.82. The Kier molecular flexibility index (Phi) is 6.18. The van der Waals surface area contributed by atoms with Gasteiger partial charge in [0, 0.05) is 28.6 Å². The fourth-order valence-corrected chi connectivity index (χ4v) is 4.29. The van der Waals surface area contributed by atoms with Gasteiger partial charge >= 0.3 is 6.03 Å². The van der Waals surface area contributed by atoms with Crippen molar-refractivity contribution in [2.45, 2.75) is 24.8 Å². The predicted molar refractivity (Wildman–Crippen MR) is 143 cm³/mol. The number of hydrogen-bond acceptors (Lipinski definition) is 5. The Hall–Kier alpha value is -4.56. The number of hydrogen-bond donors (Lipinski definition) is 3. The molecule has 2 heterocycles. The van der Waals surface area contributed by atoms with Gasteiger partial charge in [0.05, 0.1) is 5.69 Å². The first-order valence-corrected chi connectivity index (χ1v) is 11.7. The lowest BCUT2D eigenvalue weighted by molar-refractivity contribution is 0.253. The molecule has 1 aliphatic rings. The van der Waals surface area contributed by atoms with E-state index < -0.39 is 6.03 Å². The van der Waals surface area contributed by atoms with Crippen LogP contribution in [0, 0.1) is 0 Å². The number of carbonyl (C=O) groups is 1. The average molecular weight is 478 g/mol. The number of allylic oxidation sites excluding steroid dienone is 4. The highest BCUT2D eigenvalue weighted by atomic mass is 16.2. The number of carbonyl (C=O) groups excluding carboxylic acids is 1. The standard InChI is InChI=1S/C28H27N7O/c1-3-9-19(4-2)23-18-35-26(32-25(34-35)33-27(36)30-22-10-6-5-7-11-22)31-24(23)20-12-14-21(15-13-20)28(29)16-8-17-28/h3-7,9-15,18H,1-2,8,16-17,29H2,(H2,30,33,34,36). The van der Waals surface area contributed by atoms with E-state index in [9.17, 15) is 4.79 Å². The van der Waals surface area contributed by atoms with E-state index >= 15 is 0 Å². The summed E-state index contributed by atoms with van der Waals surface area (Å²) in [6.07, 6.45) is 10.3. The maximum Gasteiger partial charge on any atom is 0.326 e. The number of nitrogens with two attached hydrogens (primary N) is 1. The molecule has 4 aromatic rings. The maximum atomic E-state index is 12.4. The zero-order valence-electron chi connectivity index (χ0n) is 19.8. The minimum absolute atomic E-state index is 0.136. The van der Waals surface area contributed by atoms with E-state index in [2.05, 4.69) is 46.0 Å². The summed E-state index contributed by atoms with van der Waals surface area (Å²) in [6, 6.07) is 16.9. The van der Waals surface area contributed by atoms with Crippen molar-refractivity contribution < 1.29 is 4.79 Å². The zero-order chi connectivity index (χ0) is 25.1. The number of para-hydroxylation sites is 1. The second-order valence-corrected chi connectivity index (χ2v) is 8.78. The van der Waals surface area contributed by atoms with Gasteiger partial charge in [0.15, 0.2) is 0 Å². The van der Waals surface area contributed by atoms with Gasteiger partial charge in [-0.25, -0.2) is 14.3 Å². The van der Waals surface area contributed by atoms with E-state index in [1.54, 1.807) is 24.3 Å². The number of urea groups is 1. The van der Waals surface area contributed by atoms with Crippen LogP contribution >= 0.6 is 0 Å². The van der Waals surface area contributed by atoms with Crippen LogP contribution in [-0.2, 0) is 5.54 Å². The zero-order valence-corrected chi connectivity index (χ0v) is 19.8. The summed E-state index contributed by atoms with van der Waals surface area (Å²) in [5.41, 5.74) is 11.3. The largest absolute Gasteiger partial charge is 0.326 e. The number of anilines is 2. The predicted octanol–water partition coefficient (Wildman–Crippen LogP) is 5.53. The second kappa shape index (κ2) is 9.59. The molecule has 5 rings (SSSR count). The van der Waals surface area contributed by atoms with Gasteiger partial charge in [0.25, 0.3) is 11.7 Å². The summed E-state index contributed by atoms with van der Waals surface area (Å²) < 4.78 is 1.54. The van der Waals surface area contributed by atoms with Crippen molar-refractivity contribution >= 4 is 29.0 Å². The smallest absolute Gasteiger partial charge is 0.321 e. The van der Waals surface area contributed by atoms with Gasteiger partial charge in [-0.2, -0.15) is 4.98 Å². The van der Waals surface area contributed by atoms with Crippen LogP contribution in [0.1, 0.15) is 30.4 Å². The van der Waals surface area contributed by atoms with Crippen molar-refractivity contribution in [2.75, 3.05) is 10.6 Å². The molecule has 0 unspecified atom stereocenters. The van der Waals surface area contributed by atoms with E-state index in [1.165, 1.54) is 4.52 Å². The highest BCUT2D eigenvalue weighted by Gasteiger charge is 2.34. The molecule has 180 valence electrons. The molecule has 0 saturated heterocycles. The molecule has 0 bridgehead atoms. The summed E-state index contributed by atoms with van der Waals surface area (Å²) >= 11 is 0. The number of aromatic nitrogens is 4. The van der Waals surface area contributed by atoms with Crippen LogP contribution in [-0.4, -0.2) is 25.6 Å². The Balaban J connectivity index is 1.50. The van der Waals surface area contributed by atoms with Crippen LogP contribution in [0.4, 0.5) is 16.4 Å². The third-order valence-electron chi connectivity index (χ3n) is 6.40. The number of fused-ring (bicyclic) bond motifs is 1. The Morgan fingerprint density at radius 3 is 2.42 bits per heavy atom. The average Bonchev–Trinajstić information content (AvgIpc) is 3.26. The van der Waals surface area contributed by atoms with E-state index in [0.717, 1.165) is 47.2 Å². The number of benzene rings is 2. The molecule has 2 amide bonds. The van der Waals surface area contributed by atoms with E-state index in [1.807, 2.05) is 42.6 Å². The number of rotatable bonds is 7. The Morgan fingerprint density at radius 1 is 1.03 bits per heavy atom. The molecule has 1 fully saturated rings. The normalized spacial score (nSPS) is 14.6. The highest BCUT2D eigenvalue weighted by molar-refractivity contribution is 5.98. The molecule has 2 aromatic heterocycles. The SMILES string of the molecule is C=CC=C(C=C)c1cn2nc(NC(=O)Nc3ccccc3)nc2nc1-c1ccc(C2(N)CCC2)cc1. The number of nitrogens with zero attached hydrogens (tertiary/aromatic N) is 4. The molecule has 0 radical (unpaired) electrons. The molecular formula is C28H27N7O. The van der Waals surface area contributed by atoms with Crippen LogP contribution in [0.5, 0.6) is 0 Å². The molecular weight excluding hydrogens is 450 g/mol. The monoisotopic (exact) mass is 477 g/mol. The lowest BCUT2D eigenvalue weighted by Crippen LogP contribution is -2.43. The highest BCUT2D eigenvalue weighted by Crippen LogP contribution is 2.39. The molecule has 4 N–H and O–H groups in total. The first kappa shape index (κ1) is 23.2. The number of nitrogens with one attached hydrogen (secondary N) is 2. The third-order valence-corrected chi connectivity index (χ3v) is 6.40.